The lowest BCUT2D eigenvalue weighted by Crippen LogP contribution is -2.54. The molecule has 0 saturated heterocycles. The number of carbonyl (C=O) groups is 1. The lowest BCUT2D eigenvalue weighted by molar-refractivity contribution is -0.129. The Morgan fingerprint density at radius 2 is 1.91 bits per heavy atom. The van der Waals surface area contributed by atoms with E-state index in [1.807, 2.05) is 43.7 Å². The number of para-hydroxylation sites is 2. The highest BCUT2D eigenvalue weighted by Gasteiger charge is 2.33. The van der Waals surface area contributed by atoms with E-state index >= 15 is 0 Å². The predicted molar refractivity (Wildman–Crippen MR) is 127 cm³/mol. The Kier molecular flexibility index (Phi) is 6.05. The van der Waals surface area contributed by atoms with E-state index in [0.29, 0.717) is 18.8 Å². The SMILES string of the molecule is Cn1cc(-c2ccc(CN3CC(C(=O)NC4CCCCC4O)Oc4ccccc43)cc2)cn1. The van der Waals surface area contributed by atoms with E-state index in [9.17, 15) is 9.90 Å². The zero-order valence-corrected chi connectivity index (χ0v) is 18.9. The number of fused-ring (bicyclic) bond motifs is 1. The molecule has 7 nitrogen and oxygen atoms in total. The molecular weight excluding hydrogens is 416 g/mol. The first-order chi connectivity index (χ1) is 16.1. The van der Waals surface area contributed by atoms with E-state index in [4.69, 9.17) is 4.74 Å². The van der Waals surface area contributed by atoms with Crippen LogP contribution in [0.5, 0.6) is 5.75 Å². The molecule has 33 heavy (non-hydrogen) atoms. The fourth-order valence-electron chi connectivity index (χ4n) is 4.74. The van der Waals surface area contributed by atoms with E-state index in [1.54, 1.807) is 4.68 Å². The van der Waals surface area contributed by atoms with Gasteiger partial charge in [0.15, 0.2) is 6.10 Å². The molecule has 3 atom stereocenters. The lowest BCUT2D eigenvalue weighted by atomic mass is 9.92. The second-order valence-corrected chi connectivity index (χ2v) is 9.02. The Balaban J connectivity index is 1.31. The summed E-state index contributed by atoms with van der Waals surface area (Å²) in [5.74, 6) is 0.549. The van der Waals surface area contributed by atoms with Crippen molar-refractivity contribution in [2.75, 3.05) is 11.4 Å². The third-order valence-electron chi connectivity index (χ3n) is 6.58. The van der Waals surface area contributed by atoms with Gasteiger partial charge in [0.2, 0.25) is 0 Å². The van der Waals surface area contributed by atoms with Crippen molar-refractivity contribution in [2.45, 2.75) is 50.5 Å². The molecule has 2 N–H and O–H groups in total. The lowest BCUT2D eigenvalue weighted by Gasteiger charge is -2.37. The number of aromatic nitrogens is 2. The van der Waals surface area contributed by atoms with Crippen LogP contribution in [0.15, 0.2) is 60.9 Å². The van der Waals surface area contributed by atoms with E-state index in [-0.39, 0.29) is 11.9 Å². The summed E-state index contributed by atoms with van der Waals surface area (Å²) in [6.07, 6.45) is 6.34. The van der Waals surface area contributed by atoms with Crippen LogP contribution in [0.2, 0.25) is 0 Å². The quantitative estimate of drug-likeness (QED) is 0.629. The number of hydrogen-bond donors (Lipinski definition) is 2. The monoisotopic (exact) mass is 446 g/mol. The Morgan fingerprint density at radius 3 is 2.67 bits per heavy atom. The maximum absolute atomic E-state index is 13.0. The van der Waals surface area contributed by atoms with Crippen LogP contribution in [0.25, 0.3) is 11.1 Å². The number of benzene rings is 2. The molecule has 7 heteroatoms. The van der Waals surface area contributed by atoms with Gasteiger partial charge in [-0.05, 0) is 36.1 Å². The molecule has 172 valence electrons. The molecule has 2 heterocycles. The first-order valence-electron chi connectivity index (χ1n) is 11.6. The minimum atomic E-state index is -0.622. The van der Waals surface area contributed by atoms with Gasteiger partial charge in [-0.15, -0.1) is 0 Å². The minimum Gasteiger partial charge on any atom is -0.477 e. The van der Waals surface area contributed by atoms with Crippen molar-refractivity contribution in [3.05, 3.63) is 66.5 Å². The number of nitrogens with one attached hydrogen (secondary N) is 1. The van der Waals surface area contributed by atoms with Gasteiger partial charge in [-0.3, -0.25) is 9.48 Å². The molecule has 1 fully saturated rings. The van der Waals surface area contributed by atoms with Crippen LogP contribution in [0.1, 0.15) is 31.2 Å². The summed E-state index contributed by atoms with van der Waals surface area (Å²) >= 11 is 0. The first-order valence-corrected chi connectivity index (χ1v) is 11.6. The second-order valence-electron chi connectivity index (χ2n) is 9.02. The standard InChI is InChI=1S/C26H30N4O3/c1-29-16-20(14-27-29)19-12-10-18(11-13-19)15-30-17-25(33-24-9-5-3-7-22(24)30)26(32)28-21-6-2-4-8-23(21)31/h3,5,7,9-14,16,21,23,25,31H,2,4,6,8,15,17H2,1H3,(H,28,32). The third kappa shape index (κ3) is 4.73. The molecule has 1 aromatic heterocycles. The van der Waals surface area contributed by atoms with Gasteiger partial charge in [0, 0.05) is 25.4 Å². The van der Waals surface area contributed by atoms with E-state index in [1.165, 1.54) is 0 Å². The second kappa shape index (κ2) is 9.27. The number of amides is 1. The van der Waals surface area contributed by atoms with E-state index < -0.39 is 12.2 Å². The van der Waals surface area contributed by atoms with Gasteiger partial charge in [-0.1, -0.05) is 49.2 Å². The van der Waals surface area contributed by atoms with Crippen molar-refractivity contribution in [1.82, 2.24) is 15.1 Å². The van der Waals surface area contributed by atoms with Crippen molar-refractivity contribution in [3.63, 3.8) is 0 Å². The number of aryl methyl sites for hydroxylation is 1. The fourth-order valence-corrected chi connectivity index (χ4v) is 4.74. The minimum absolute atomic E-state index is 0.160. The molecule has 0 bridgehead atoms. The largest absolute Gasteiger partial charge is 0.477 e. The first kappa shape index (κ1) is 21.5. The number of nitrogens with zero attached hydrogens (tertiary/aromatic N) is 3. The van der Waals surface area contributed by atoms with Crippen molar-refractivity contribution in [2.24, 2.45) is 7.05 Å². The molecule has 3 aromatic rings. The molecule has 1 aliphatic heterocycles. The van der Waals surface area contributed by atoms with Gasteiger partial charge in [-0.25, -0.2) is 0 Å². The summed E-state index contributed by atoms with van der Waals surface area (Å²) in [6, 6.07) is 16.1. The third-order valence-corrected chi connectivity index (χ3v) is 6.58. The van der Waals surface area contributed by atoms with Gasteiger partial charge in [0.1, 0.15) is 5.75 Å². The number of carbonyl (C=O) groups excluding carboxylic acids is 1. The van der Waals surface area contributed by atoms with Crippen molar-refractivity contribution < 1.29 is 14.6 Å². The van der Waals surface area contributed by atoms with Gasteiger partial charge >= 0.3 is 0 Å². The Morgan fingerprint density at radius 1 is 1.12 bits per heavy atom. The number of hydrogen-bond acceptors (Lipinski definition) is 5. The molecule has 0 radical (unpaired) electrons. The molecule has 2 aliphatic rings. The maximum Gasteiger partial charge on any atom is 0.263 e. The van der Waals surface area contributed by atoms with Gasteiger partial charge in [0.25, 0.3) is 5.91 Å². The normalized spacial score (nSPS) is 22.4. The zero-order chi connectivity index (χ0) is 22.8. The van der Waals surface area contributed by atoms with Gasteiger partial charge < -0.3 is 20.1 Å². The van der Waals surface area contributed by atoms with Crippen molar-refractivity contribution in [3.8, 4) is 16.9 Å². The van der Waals surface area contributed by atoms with Crippen LogP contribution < -0.4 is 15.0 Å². The topological polar surface area (TPSA) is 79.6 Å². The summed E-state index contributed by atoms with van der Waals surface area (Å²) in [5, 5.41) is 17.5. The number of aliphatic hydroxyl groups excluding tert-OH is 1. The Hall–Kier alpha value is -3.32. The smallest absolute Gasteiger partial charge is 0.263 e. The summed E-state index contributed by atoms with van der Waals surface area (Å²) < 4.78 is 7.87. The number of rotatable bonds is 5. The van der Waals surface area contributed by atoms with Gasteiger partial charge in [-0.2, -0.15) is 5.10 Å². The van der Waals surface area contributed by atoms with Gasteiger partial charge in [0.05, 0.1) is 30.6 Å². The van der Waals surface area contributed by atoms with Crippen LogP contribution in [0.3, 0.4) is 0 Å². The molecule has 1 saturated carbocycles. The highest BCUT2D eigenvalue weighted by atomic mass is 16.5. The zero-order valence-electron chi connectivity index (χ0n) is 18.9. The van der Waals surface area contributed by atoms with E-state index in [2.05, 4.69) is 39.6 Å². The number of aliphatic hydroxyl groups is 1. The molecule has 1 amide bonds. The summed E-state index contributed by atoms with van der Waals surface area (Å²) in [6.45, 7) is 1.12. The van der Waals surface area contributed by atoms with E-state index in [0.717, 1.165) is 48.1 Å². The summed E-state index contributed by atoms with van der Waals surface area (Å²) in [5.41, 5.74) is 4.34. The Labute approximate surface area is 194 Å². The van der Waals surface area contributed by atoms with Crippen molar-refractivity contribution in [1.29, 1.82) is 0 Å². The molecule has 3 unspecified atom stereocenters. The number of ether oxygens (including phenoxy) is 1. The summed E-state index contributed by atoms with van der Waals surface area (Å²) in [4.78, 5) is 15.2. The predicted octanol–water partition coefficient (Wildman–Crippen LogP) is 3.27. The highest BCUT2D eigenvalue weighted by Crippen LogP contribution is 2.34. The van der Waals surface area contributed by atoms with Crippen LogP contribution >= 0.6 is 0 Å². The fraction of sp³-hybridized carbons (Fsp3) is 0.385. The maximum atomic E-state index is 13.0. The van der Waals surface area contributed by atoms with Crippen LogP contribution in [0.4, 0.5) is 5.69 Å². The van der Waals surface area contributed by atoms with Crippen LogP contribution in [0, 0.1) is 0 Å². The molecular formula is C26H30N4O3. The molecule has 0 spiro atoms. The van der Waals surface area contributed by atoms with Crippen LogP contribution in [-0.4, -0.2) is 45.6 Å². The molecule has 5 rings (SSSR count). The Bertz CT molecular complexity index is 1110. The summed E-state index contributed by atoms with van der Waals surface area (Å²) in [7, 11) is 1.91. The average Bonchev–Trinajstić information content (AvgIpc) is 3.27. The highest BCUT2D eigenvalue weighted by molar-refractivity contribution is 5.83. The molecule has 1 aliphatic carbocycles. The van der Waals surface area contributed by atoms with Crippen LogP contribution in [-0.2, 0) is 18.4 Å². The van der Waals surface area contributed by atoms with Crippen molar-refractivity contribution >= 4 is 11.6 Å². The number of anilines is 1. The average molecular weight is 447 g/mol. The molecule has 2 aromatic carbocycles.